The van der Waals surface area contributed by atoms with Crippen LogP contribution >= 0.6 is 0 Å². The van der Waals surface area contributed by atoms with E-state index in [0.29, 0.717) is 19.1 Å². The van der Waals surface area contributed by atoms with Crippen molar-refractivity contribution in [2.45, 2.75) is 69.6 Å². The minimum atomic E-state index is -3.53. The van der Waals surface area contributed by atoms with E-state index < -0.39 is 10.0 Å². The van der Waals surface area contributed by atoms with Gasteiger partial charge in [0.2, 0.25) is 0 Å². The van der Waals surface area contributed by atoms with Gasteiger partial charge >= 0.3 is 0 Å². The first kappa shape index (κ1) is 15.0. The van der Waals surface area contributed by atoms with Crippen LogP contribution in [0, 0.1) is 6.92 Å². The molecule has 0 amide bonds. The number of aryl methyl sites for hydroxylation is 1. The van der Waals surface area contributed by atoms with Crippen LogP contribution in [0.4, 0.5) is 0 Å². The lowest BCUT2D eigenvalue weighted by Gasteiger charge is -2.30. The second-order valence-corrected chi connectivity index (χ2v) is 8.56. The average molecular weight is 312 g/mol. The Hall–Kier alpha value is -0.920. The molecular formula is C14H24N4O2S. The van der Waals surface area contributed by atoms with E-state index in [9.17, 15) is 8.42 Å². The lowest BCUT2D eigenvalue weighted by Crippen LogP contribution is -2.43. The summed E-state index contributed by atoms with van der Waals surface area (Å²) in [6, 6.07) is 0.540. The molecule has 2 heterocycles. The minimum Gasteiger partial charge on any atom is -0.310 e. The Kier molecular flexibility index (Phi) is 3.62. The molecule has 3 rings (SSSR count). The Morgan fingerprint density at radius 2 is 2.14 bits per heavy atom. The molecule has 0 aromatic carbocycles. The van der Waals surface area contributed by atoms with Gasteiger partial charge < -0.3 is 5.32 Å². The maximum Gasteiger partial charge on any atom is 0.263 e. The molecule has 21 heavy (non-hydrogen) atoms. The molecule has 1 aliphatic heterocycles. The van der Waals surface area contributed by atoms with Gasteiger partial charge in [0, 0.05) is 35.9 Å². The molecule has 6 nitrogen and oxygen atoms in total. The molecule has 1 saturated heterocycles. The van der Waals surface area contributed by atoms with Crippen molar-refractivity contribution in [1.29, 1.82) is 0 Å². The van der Waals surface area contributed by atoms with Gasteiger partial charge in [-0.3, -0.25) is 5.10 Å². The van der Waals surface area contributed by atoms with Crippen LogP contribution in [0.2, 0.25) is 0 Å². The van der Waals surface area contributed by atoms with E-state index in [1.165, 1.54) is 12.8 Å². The van der Waals surface area contributed by atoms with Crippen LogP contribution in [-0.2, 0) is 16.6 Å². The molecule has 0 atom stereocenters. The molecule has 0 bridgehead atoms. The molecule has 2 aliphatic rings. The van der Waals surface area contributed by atoms with Gasteiger partial charge in [-0.15, -0.1) is 0 Å². The van der Waals surface area contributed by atoms with Gasteiger partial charge in [-0.2, -0.15) is 9.40 Å². The Morgan fingerprint density at radius 1 is 1.43 bits per heavy atom. The standard InChI is InChI=1S/C14H24N4O2S/c1-10-12(9-15-11-5-6-11)13(17-16-10)21(19,20)18-8-4-7-14(18,2)3/h11,15H,4-9H2,1-3H3,(H,16,17). The second kappa shape index (κ2) is 5.07. The fourth-order valence-corrected chi connectivity index (χ4v) is 5.04. The number of hydrogen-bond donors (Lipinski definition) is 2. The van der Waals surface area contributed by atoms with E-state index in [4.69, 9.17) is 0 Å². The molecule has 1 aromatic heterocycles. The number of rotatable bonds is 5. The summed E-state index contributed by atoms with van der Waals surface area (Å²) in [6.45, 7) is 7.00. The SMILES string of the molecule is Cc1[nH]nc(S(=O)(=O)N2CCCC2(C)C)c1CNC1CC1. The second-order valence-electron chi connectivity index (χ2n) is 6.78. The van der Waals surface area contributed by atoms with Crippen LogP contribution in [0.1, 0.15) is 50.8 Å². The average Bonchev–Trinajstić information content (AvgIpc) is 3.04. The fraction of sp³-hybridized carbons (Fsp3) is 0.786. The predicted octanol–water partition coefficient (Wildman–Crippen LogP) is 1.53. The van der Waals surface area contributed by atoms with Crippen LogP contribution < -0.4 is 5.32 Å². The van der Waals surface area contributed by atoms with E-state index in [2.05, 4.69) is 15.5 Å². The zero-order valence-corrected chi connectivity index (χ0v) is 13.8. The summed E-state index contributed by atoms with van der Waals surface area (Å²) in [5.74, 6) is 0. The molecule has 1 saturated carbocycles. The molecule has 0 radical (unpaired) electrons. The first-order valence-electron chi connectivity index (χ1n) is 7.62. The van der Waals surface area contributed by atoms with Gasteiger partial charge in [0.15, 0.2) is 5.03 Å². The summed E-state index contributed by atoms with van der Waals surface area (Å²) in [7, 11) is -3.53. The third kappa shape index (κ3) is 2.74. The van der Waals surface area contributed by atoms with Gasteiger partial charge in [0.25, 0.3) is 10.0 Å². The van der Waals surface area contributed by atoms with Crippen molar-refractivity contribution < 1.29 is 8.42 Å². The summed E-state index contributed by atoms with van der Waals surface area (Å²) in [5.41, 5.74) is 1.29. The van der Waals surface area contributed by atoms with Crippen molar-refractivity contribution in [3.05, 3.63) is 11.3 Å². The van der Waals surface area contributed by atoms with E-state index in [1.54, 1.807) is 4.31 Å². The first-order valence-corrected chi connectivity index (χ1v) is 9.06. The molecule has 118 valence electrons. The fourth-order valence-electron chi connectivity index (χ4n) is 3.02. The zero-order chi connectivity index (χ0) is 15.3. The van der Waals surface area contributed by atoms with Gasteiger partial charge in [-0.1, -0.05) is 0 Å². The Balaban J connectivity index is 1.91. The number of hydrogen-bond acceptors (Lipinski definition) is 4. The van der Waals surface area contributed by atoms with Crippen LogP contribution in [-0.4, -0.2) is 41.0 Å². The largest absolute Gasteiger partial charge is 0.310 e. The highest BCUT2D eigenvalue weighted by Crippen LogP contribution is 2.34. The smallest absolute Gasteiger partial charge is 0.263 e. The molecule has 2 N–H and O–H groups in total. The molecular weight excluding hydrogens is 288 g/mol. The third-order valence-corrected chi connectivity index (χ3v) is 6.62. The highest BCUT2D eigenvalue weighted by atomic mass is 32.2. The van der Waals surface area contributed by atoms with Gasteiger partial charge in [0.1, 0.15) is 0 Å². The normalized spacial score (nSPS) is 22.8. The van der Waals surface area contributed by atoms with Crippen LogP contribution in [0.15, 0.2) is 5.03 Å². The summed E-state index contributed by atoms with van der Waals surface area (Å²) in [4.78, 5) is 0. The van der Waals surface area contributed by atoms with Crippen molar-refractivity contribution in [2.75, 3.05) is 6.54 Å². The molecule has 2 fully saturated rings. The van der Waals surface area contributed by atoms with Gasteiger partial charge in [0.05, 0.1) is 0 Å². The number of aromatic nitrogens is 2. The zero-order valence-electron chi connectivity index (χ0n) is 12.9. The highest BCUT2D eigenvalue weighted by Gasteiger charge is 2.43. The Morgan fingerprint density at radius 3 is 2.71 bits per heavy atom. The van der Waals surface area contributed by atoms with E-state index >= 15 is 0 Å². The highest BCUT2D eigenvalue weighted by molar-refractivity contribution is 7.89. The Labute approximate surface area is 126 Å². The van der Waals surface area contributed by atoms with Gasteiger partial charge in [-0.25, -0.2) is 8.42 Å². The lowest BCUT2D eigenvalue weighted by atomic mass is 10.0. The van der Waals surface area contributed by atoms with Crippen LogP contribution in [0.25, 0.3) is 0 Å². The molecule has 7 heteroatoms. The number of nitrogens with one attached hydrogen (secondary N) is 2. The minimum absolute atomic E-state index is 0.197. The van der Waals surface area contributed by atoms with E-state index in [-0.39, 0.29) is 10.6 Å². The lowest BCUT2D eigenvalue weighted by molar-refractivity contribution is 0.290. The third-order valence-electron chi connectivity index (χ3n) is 4.54. The number of nitrogens with zero attached hydrogens (tertiary/aromatic N) is 2. The summed E-state index contributed by atoms with van der Waals surface area (Å²) >= 11 is 0. The van der Waals surface area contributed by atoms with E-state index in [1.807, 2.05) is 20.8 Å². The predicted molar refractivity (Wildman–Crippen MR) is 80.4 cm³/mol. The van der Waals surface area contributed by atoms with Crippen LogP contribution in [0.5, 0.6) is 0 Å². The number of H-pyrrole nitrogens is 1. The molecule has 1 aromatic rings. The quantitative estimate of drug-likeness (QED) is 0.864. The summed E-state index contributed by atoms with van der Waals surface area (Å²) in [5, 5.41) is 10.5. The van der Waals surface area contributed by atoms with Crippen molar-refractivity contribution in [3.8, 4) is 0 Å². The maximum atomic E-state index is 13.0. The van der Waals surface area contributed by atoms with Crippen LogP contribution in [0.3, 0.4) is 0 Å². The topological polar surface area (TPSA) is 78.1 Å². The molecule has 0 unspecified atom stereocenters. The Bertz CT molecular complexity index is 631. The van der Waals surface area contributed by atoms with E-state index in [0.717, 1.165) is 24.1 Å². The molecule has 0 spiro atoms. The van der Waals surface area contributed by atoms with Crippen molar-refractivity contribution in [3.63, 3.8) is 0 Å². The van der Waals surface area contributed by atoms with Crippen molar-refractivity contribution in [2.24, 2.45) is 0 Å². The number of aromatic amines is 1. The monoisotopic (exact) mass is 312 g/mol. The summed E-state index contributed by atoms with van der Waals surface area (Å²) in [6.07, 6.45) is 4.16. The van der Waals surface area contributed by atoms with Gasteiger partial charge in [-0.05, 0) is 46.5 Å². The van der Waals surface area contributed by atoms with Crippen molar-refractivity contribution in [1.82, 2.24) is 19.8 Å². The van der Waals surface area contributed by atoms with Crippen molar-refractivity contribution >= 4 is 10.0 Å². The molecule has 1 aliphatic carbocycles. The first-order chi connectivity index (χ1) is 9.82. The summed E-state index contributed by atoms with van der Waals surface area (Å²) < 4.78 is 27.5. The number of sulfonamides is 1. The maximum absolute atomic E-state index is 13.0.